The molecule has 0 aromatic carbocycles. The Kier molecular flexibility index (Phi) is 10.1. The van der Waals surface area contributed by atoms with Crippen molar-refractivity contribution in [1.82, 2.24) is 15.0 Å². The van der Waals surface area contributed by atoms with E-state index in [4.69, 9.17) is 14.2 Å². The van der Waals surface area contributed by atoms with Gasteiger partial charge in [0.1, 0.15) is 12.4 Å². The molecule has 1 aromatic heterocycles. The van der Waals surface area contributed by atoms with Crippen LogP contribution >= 0.6 is 0 Å². The van der Waals surface area contributed by atoms with E-state index >= 15 is 0 Å². The Balaban J connectivity index is 1.16. The molecule has 37 heavy (non-hydrogen) atoms. The zero-order chi connectivity index (χ0) is 25.3. The molecule has 4 fully saturated rings. The van der Waals surface area contributed by atoms with Crippen molar-refractivity contribution in [2.24, 2.45) is 23.7 Å². The lowest BCUT2D eigenvalue weighted by Gasteiger charge is -2.27. The van der Waals surface area contributed by atoms with Crippen molar-refractivity contribution in [3.63, 3.8) is 0 Å². The normalized spacial score (nSPS) is 25.9. The highest BCUT2D eigenvalue weighted by Gasteiger charge is 2.32. The second-order valence-electron chi connectivity index (χ2n) is 12.1. The van der Waals surface area contributed by atoms with Crippen molar-refractivity contribution in [1.29, 1.82) is 0 Å². The van der Waals surface area contributed by atoms with Crippen LogP contribution in [0.3, 0.4) is 0 Å². The van der Waals surface area contributed by atoms with Gasteiger partial charge >= 0.3 is 18.0 Å². The molecule has 0 aliphatic heterocycles. The third-order valence-electron chi connectivity index (χ3n) is 9.49. The van der Waals surface area contributed by atoms with Crippen LogP contribution in [0.2, 0.25) is 0 Å². The average Bonchev–Trinajstić information content (AvgIpc) is 3.25. The Morgan fingerprint density at radius 1 is 0.676 bits per heavy atom. The molecule has 7 heteroatoms. The third-order valence-corrected chi connectivity index (χ3v) is 9.49. The predicted octanol–water partition coefficient (Wildman–Crippen LogP) is 6.80. The van der Waals surface area contributed by atoms with E-state index in [-0.39, 0.29) is 23.9 Å². The van der Waals surface area contributed by atoms with Crippen molar-refractivity contribution < 1.29 is 19.0 Å². The fourth-order valence-electron chi connectivity index (χ4n) is 6.63. The molecule has 0 bridgehead atoms. The standard InChI is InChI=1S/C30H47N3O4/c34-28(26-14-6-5-13-25(21-26)23-11-3-1-2-4-12-23)37-30-32-27(24-15-8-16-24)31-29(33-30)36-20-19-35-18-17-22-9-7-10-22/h22-26H,1-21H2. The maximum Gasteiger partial charge on any atom is 0.330 e. The number of carbonyl (C=O) groups excluding carboxylic acids is 1. The smallest absolute Gasteiger partial charge is 0.330 e. The van der Waals surface area contributed by atoms with Crippen LogP contribution in [0.4, 0.5) is 0 Å². The van der Waals surface area contributed by atoms with Gasteiger partial charge in [-0.15, -0.1) is 4.98 Å². The first-order valence-corrected chi connectivity index (χ1v) is 15.4. The second kappa shape index (κ2) is 13.9. The number of hydrogen-bond donors (Lipinski definition) is 0. The maximum absolute atomic E-state index is 13.3. The Morgan fingerprint density at radius 3 is 2.11 bits per heavy atom. The Labute approximate surface area is 222 Å². The molecular formula is C30H47N3O4. The minimum Gasteiger partial charge on any atom is -0.461 e. The van der Waals surface area contributed by atoms with E-state index in [1.165, 1.54) is 77.0 Å². The van der Waals surface area contributed by atoms with E-state index in [1.54, 1.807) is 0 Å². The number of rotatable bonds is 11. The van der Waals surface area contributed by atoms with Gasteiger partial charge in [-0.25, -0.2) is 0 Å². The van der Waals surface area contributed by atoms with E-state index < -0.39 is 0 Å². The number of carbonyl (C=O) groups is 1. The molecule has 0 N–H and O–H groups in total. The number of ether oxygens (including phenoxy) is 3. The zero-order valence-electron chi connectivity index (χ0n) is 22.7. The first-order valence-electron chi connectivity index (χ1n) is 15.4. The molecule has 1 aromatic rings. The molecule has 2 unspecified atom stereocenters. The highest BCUT2D eigenvalue weighted by atomic mass is 16.6. The van der Waals surface area contributed by atoms with Gasteiger partial charge in [-0.1, -0.05) is 83.5 Å². The number of hydrogen-bond acceptors (Lipinski definition) is 7. The van der Waals surface area contributed by atoms with Gasteiger partial charge in [0.05, 0.1) is 12.5 Å². The molecule has 2 atom stereocenters. The van der Waals surface area contributed by atoms with Crippen LogP contribution in [-0.2, 0) is 9.53 Å². The van der Waals surface area contributed by atoms with Crippen LogP contribution < -0.4 is 9.47 Å². The summed E-state index contributed by atoms with van der Waals surface area (Å²) in [5, 5.41) is 0. The molecule has 0 spiro atoms. The van der Waals surface area contributed by atoms with Crippen molar-refractivity contribution in [2.45, 2.75) is 121 Å². The first-order chi connectivity index (χ1) is 18.2. The van der Waals surface area contributed by atoms with Crippen molar-refractivity contribution in [3.05, 3.63) is 5.82 Å². The van der Waals surface area contributed by atoms with E-state index in [1.807, 2.05) is 0 Å². The lowest BCUT2D eigenvalue weighted by Crippen LogP contribution is -2.26. The topological polar surface area (TPSA) is 83.4 Å². The van der Waals surface area contributed by atoms with Crippen molar-refractivity contribution >= 4 is 5.97 Å². The van der Waals surface area contributed by atoms with Crippen LogP contribution in [0.5, 0.6) is 12.0 Å². The van der Waals surface area contributed by atoms with E-state index in [0.717, 1.165) is 57.0 Å². The molecule has 0 radical (unpaired) electrons. The molecule has 0 amide bonds. The highest BCUT2D eigenvalue weighted by Crippen LogP contribution is 2.39. The van der Waals surface area contributed by atoms with Gasteiger partial charge in [-0.3, -0.25) is 4.79 Å². The quantitative estimate of drug-likeness (QED) is 0.183. The summed E-state index contributed by atoms with van der Waals surface area (Å²) in [5.41, 5.74) is 0. The average molecular weight is 514 g/mol. The molecule has 7 nitrogen and oxygen atoms in total. The summed E-state index contributed by atoms with van der Waals surface area (Å²) in [6.07, 6.45) is 22.0. The summed E-state index contributed by atoms with van der Waals surface area (Å²) >= 11 is 0. The summed E-state index contributed by atoms with van der Waals surface area (Å²) in [7, 11) is 0. The summed E-state index contributed by atoms with van der Waals surface area (Å²) in [6, 6.07) is 0.359. The second-order valence-corrected chi connectivity index (χ2v) is 12.1. The van der Waals surface area contributed by atoms with Gasteiger partial charge in [0.2, 0.25) is 0 Å². The van der Waals surface area contributed by atoms with E-state index in [9.17, 15) is 4.79 Å². The Bertz CT molecular complexity index is 849. The van der Waals surface area contributed by atoms with Gasteiger partial charge < -0.3 is 14.2 Å². The highest BCUT2D eigenvalue weighted by molar-refractivity contribution is 5.74. The minimum absolute atomic E-state index is 0.0619. The summed E-state index contributed by atoms with van der Waals surface area (Å²) in [6.45, 7) is 1.68. The Hall–Kier alpha value is -1.76. The van der Waals surface area contributed by atoms with Crippen LogP contribution in [-0.4, -0.2) is 40.7 Å². The summed E-state index contributed by atoms with van der Waals surface area (Å²) in [5.74, 6) is 3.04. The predicted molar refractivity (Wildman–Crippen MR) is 142 cm³/mol. The lowest BCUT2D eigenvalue weighted by atomic mass is 9.79. The van der Waals surface area contributed by atoms with Crippen LogP contribution in [0.25, 0.3) is 0 Å². The van der Waals surface area contributed by atoms with Crippen molar-refractivity contribution in [2.75, 3.05) is 19.8 Å². The first kappa shape index (κ1) is 26.8. The molecule has 4 saturated carbocycles. The van der Waals surface area contributed by atoms with Crippen LogP contribution in [0, 0.1) is 23.7 Å². The molecule has 206 valence electrons. The van der Waals surface area contributed by atoms with Crippen molar-refractivity contribution in [3.8, 4) is 12.0 Å². The summed E-state index contributed by atoms with van der Waals surface area (Å²) < 4.78 is 17.4. The molecule has 4 aliphatic carbocycles. The third kappa shape index (κ3) is 7.87. The molecule has 0 saturated heterocycles. The van der Waals surface area contributed by atoms with Gasteiger partial charge in [0.15, 0.2) is 0 Å². The van der Waals surface area contributed by atoms with Crippen LogP contribution in [0.1, 0.15) is 127 Å². The van der Waals surface area contributed by atoms with Gasteiger partial charge in [-0.2, -0.15) is 9.97 Å². The fourth-order valence-corrected chi connectivity index (χ4v) is 6.63. The van der Waals surface area contributed by atoms with Crippen LogP contribution in [0.15, 0.2) is 0 Å². The maximum atomic E-state index is 13.3. The Morgan fingerprint density at radius 2 is 1.38 bits per heavy atom. The minimum atomic E-state index is -0.170. The molecular weight excluding hydrogens is 466 g/mol. The zero-order valence-corrected chi connectivity index (χ0v) is 22.7. The lowest BCUT2D eigenvalue weighted by molar-refractivity contribution is -0.140. The number of aromatic nitrogens is 3. The molecule has 5 rings (SSSR count). The van der Waals surface area contributed by atoms with Gasteiger partial charge in [0, 0.05) is 12.5 Å². The molecule has 1 heterocycles. The number of nitrogens with zero attached hydrogens (tertiary/aromatic N) is 3. The van der Waals surface area contributed by atoms with E-state index in [0.29, 0.717) is 30.9 Å². The van der Waals surface area contributed by atoms with Gasteiger partial charge in [0.25, 0.3) is 0 Å². The van der Waals surface area contributed by atoms with E-state index in [2.05, 4.69) is 15.0 Å². The largest absolute Gasteiger partial charge is 0.461 e. The van der Waals surface area contributed by atoms with Gasteiger partial charge in [-0.05, 0) is 49.9 Å². The SMILES string of the molecule is O=C(Oc1nc(OCCOCCC2CCC2)nc(C2CCC2)n1)C1CCCCC(C2CCCCCC2)C1. The molecule has 4 aliphatic rings. The monoisotopic (exact) mass is 513 g/mol. The number of esters is 1. The fraction of sp³-hybridized carbons (Fsp3) is 0.867. The summed E-state index contributed by atoms with van der Waals surface area (Å²) in [4.78, 5) is 26.8.